The summed E-state index contributed by atoms with van der Waals surface area (Å²) in [6.07, 6.45) is 2.09. The molecule has 2 amide bonds. The number of aryl methyl sites for hydroxylation is 3. The number of aromatic nitrogens is 1. The van der Waals surface area contributed by atoms with Crippen LogP contribution in [-0.4, -0.2) is 15.5 Å². The molecule has 4 nitrogen and oxygen atoms in total. The highest BCUT2D eigenvalue weighted by Gasteiger charge is 2.33. The van der Waals surface area contributed by atoms with Crippen molar-refractivity contribution < 1.29 is 4.79 Å². The van der Waals surface area contributed by atoms with Gasteiger partial charge >= 0.3 is 6.03 Å². The number of hydrogen-bond acceptors (Lipinski definition) is 1. The lowest BCUT2D eigenvalue weighted by molar-refractivity contribution is 0.194. The Morgan fingerprint density at radius 3 is 2.41 bits per heavy atom. The fraction of sp³-hybridized carbons (Fsp3) is 0.179. The zero-order valence-corrected chi connectivity index (χ0v) is 18.7. The number of hydrogen-bond donors (Lipinski definition) is 1. The minimum Gasteiger partial charge on any atom is -0.318 e. The van der Waals surface area contributed by atoms with Gasteiger partial charge in [-0.1, -0.05) is 54.1 Å². The SMILES string of the molecule is Cc1cc(C)cc(NC(=O)N2Cc3ccccc3-n3cccc3[C@H]2c2cccc(C)c2)c1. The molecule has 1 N–H and O–H groups in total. The van der Waals surface area contributed by atoms with Crippen LogP contribution in [-0.2, 0) is 6.54 Å². The van der Waals surface area contributed by atoms with Crippen molar-refractivity contribution in [2.24, 2.45) is 0 Å². The molecule has 0 radical (unpaired) electrons. The predicted molar refractivity (Wildman–Crippen MR) is 129 cm³/mol. The van der Waals surface area contributed by atoms with E-state index in [1.165, 1.54) is 5.56 Å². The first-order valence-electron chi connectivity index (χ1n) is 11.0. The molecule has 1 atom stereocenters. The first-order chi connectivity index (χ1) is 15.5. The Balaban J connectivity index is 1.64. The number of amides is 2. The summed E-state index contributed by atoms with van der Waals surface area (Å²) in [4.78, 5) is 15.7. The highest BCUT2D eigenvalue weighted by atomic mass is 16.2. The van der Waals surface area contributed by atoms with E-state index in [0.29, 0.717) is 6.54 Å². The van der Waals surface area contributed by atoms with Gasteiger partial charge in [0.25, 0.3) is 0 Å². The number of fused-ring (bicyclic) bond motifs is 3. The largest absolute Gasteiger partial charge is 0.322 e. The summed E-state index contributed by atoms with van der Waals surface area (Å²) in [5.74, 6) is 0. The summed E-state index contributed by atoms with van der Waals surface area (Å²) in [7, 11) is 0. The zero-order chi connectivity index (χ0) is 22.2. The van der Waals surface area contributed by atoms with Crippen molar-refractivity contribution in [2.75, 3.05) is 5.32 Å². The molecule has 160 valence electrons. The van der Waals surface area contributed by atoms with Crippen molar-refractivity contribution in [3.05, 3.63) is 119 Å². The molecule has 0 spiro atoms. The fourth-order valence-corrected chi connectivity index (χ4v) is 4.77. The minimum absolute atomic E-state index is 0.106. The van der Waals surface area contributed by atoms with E-state index in [1.807, 2.05) is 36.9 Å². The first kappa shape index (κ1) is 20.1. The molecule has 0 saturated carbocycles. The van der Waals surface area contributed by atoms with Crippen molar-refractivity contribution >= 4 is 11.7 Å². The number of carbonyl (C=O) groups excluding carboxylic acids is 1. The molecule has 0 fully saturated rings. The second-order valence-corrected chi connectivity index (χ2v) is 8.68. The van der Waals surface area contributed by atoms with Gasteiger partial charge in [-0.15, -0.1) is 0 Å². The third-order valence-corrected chi connectivity index (χ3v) is 6.06. The van der Waals surface area contributed by atoms with Crippen LogP contribution in [0.25, 0.3) is 5.69 Å². The van der Waals surface area contributed by atoms with Gasteiger partial charge in [0.1, 0.15) is 0 Å². The van der Waals surface area contributed by atoms with Crippen LogP contribution < -0.4 is 5.32 Å². The summed E-state index contributed by atoms with van der Waals surface area (Å²) in [6, 6.07) is 26.8. The summed E-state index contributed by atoms with van der Waals surface area (Å²) < 4.78 is 2.21. The number of para-hydroxylation sites is 1. The number of benzene rings is 3. The normalized spacial score (nSPS) is 15.0. The number of carbonyl (C=O) groups is 1. The van der Waals surface area contributed by atoms with Gasteiger partial charge in [0.2, 0.25) is 0 Å². The smallest absolute Gasteiger partial charge is 0.318 e. The summed E-state index contributed by atoms with van der Waals surface area (Å²) in [5.41, 5.74) is 8.68. The summed E-state index contributed by atoms with van der Waals surface area (Å²) in [6.45, 7) is 6.71. The molecule has 1 aliphatic heterocycles. The van der Waals surface area contributed by atoms with Crippen LogP contribution in [0.5, 0.6) is 0 Å². The Hall–Kier alpha value is -3.79. The highest BCUT2D eigenvalue weighted by molar-refractivity contribution is 5.90. The Bertz CT molecular complexity index is 1280. The molecule has 0 aliphatic carbocycles. The second kappa shape index (κ2) is 8.04. The summed E-state index contributed by atoms with van der Waals surface area (Å²) in [5, 5.41) is 3.17. The van der Waals surface area contributed by atoms with Crippen LogP contribution in [0.4, 0.5) is 10.5 Å². The Morgan fingerprint density at radius 1 is 0.844 bits per heavy atom. The van der Waals surface area contributed by atoms with E-state index in [4.69, 9.17) is 0 Å². The average Bonchev–Trinajstić information content (AvgIpc) is 3.17. The molecule has 32 heavy (non-hydrogen) atoms. The lowest BCUT2D eigenvalue weighted by Gasteiger charge is -2.31. The predicted octanol–water partition coefficient (Wildman–Crippen LogP) is 6.54. The molecule has 3 aromatic carbocycles. The molecular weight excluding hydrogens is 394 g/mol. The van der Waals surface area contributed by atoms with E-state index in [2.05, 4.69) is 83.7 Å². The van der Waals surface area contributed by atoms with Gasteiger partial charge in [-0.25, -0.2) is 4.79 Å². The molecule has 5 rings (SSSR count). The van der Waals surface area contributed by atoms with E-state index in [9.17, 15) is 4.79 Å². The van der Waals surface area contributed by atoms with Crippen molar-refractivity contribution in [1.29, 1.82) is 0 Å². The van der Waals surface area contributed by atoms with Crippen LogP contribution in [0.2, 0.25) is 0 Å². The molecule has 4 heteroatoms. The number of rotatable bonds is 2. The van der Waals surface area contributed by atoms with Crippen molar-refractivity contribution in [3.63, 3.8) is 0 Å². The van der Waals surface area contributed by atoms with Gasteiger partial charge in [-0.2, -0.15) is 0 Å². The Labute approximate surface area is 189 Å². The third kappa shape index (κ3) is 3.69. The molecular formula is C28H27N3O. The molecule has 4 aromatic rings. The summed E-state index contributed by atoms with van der Waals surface area (Å²) >= 11 is 0. The topological polar surface area (TPSA) is 37.3 Å². The quantitative estimate of drug-likeness (QED) is 0.392. The molecule has 0 saturated heterocycles. The van der Waals surface area contributed by atoms with Crippen LogP contribution in [0.15, 0.2) is 85.1 Å². The van der Waals surface area contributed by atoms with Crippen LogP contribution >= 0.6 is 0 Å². The van der Waals surface area contributed by atoms with Crippen molar-refractivity contribution in [3.8, 4) is 5.69 Å². The molecule has 1 aromatic heterocycles. The van der Waals surface area contributed by atoms with E-state index in [-0.39, 0.29) is 12.1 Å². The van der Waals surface area contributed by atoms with Gasteiger partial charge < -0.3 is 14.8 Å². The van der Waals surface area contributed by atoms with E-state index < -0.39 is 0 Å². The molecule has 0 bridgehead atoms. The number of nitrogens with one attached hydrogen (secondary N) is 1. The monoisotopic (exact) mass is 421 g/mol. The number of urea groups is 1. The standard InChI is InChI=1S/C28H27N3O/c1-19-8-6-10-22(15-19)27-26-12-7-13-30(26)25-11-5-4-9-23(25)18-31(27)28(32)29-24-16-20(2)14-21(3)17-24/h4-17,27H,18H2,1-3H3,(H,29,32)/t27-/m1/s1. The van der Waals surface area contributed by atoms with Gasteiger partial charge in [-0.3, -0.25) is 0 Å². The van der Waals surface area contributed by atoms with E-state index >= 15 is 0 Å². The lowest BCUT2D eigenvalue weighted by atomic mass is 10.00. The fourth-order valence-electron chi connectivity index (χ4n) is 4.77. The Kier molecular flexibility index (Phi) is 5.06. The van der Waals surface area contributed by atoms with Crippen LogP contribution in [0.1, 0.15) is 39.6 Å². The highest BCUT2D eigenvalue weighted by Crippen LogP contribution is 2.37. The van der Waals surface area contributed by atoms with E-state index in [0.717, 1.165) is 39.3 Å². The van der Waals surface area contributed by atoms with Crippen molar-refractivity contribution in [1.82, 2.24) is 9.47 Å². The average molecular weight is 422 g/mol. The molecule has 2 heterocycles. The zero-order valence-electron chi connectivity index (χ0n) is 18.7. The van der Waals surface area contributed by atoms with Crippen LogP contribution in [0, 0.1) is 20.8 Å². The molecule has 0 unspecified atom stereocenters. The first-order valence-corrected chi connectivity index (χ1v) is 11.0. The van der Waals surface area contributed by atoms with Gasteiger partial charge in [0.05, 0.1) is 18.3 Å². The van der Waals surface area contributed by atoms with Gasteiger partial charge in [-0.05, 0) is 73.4 Å². The number of anilines is 1. The maximum atomic E-state index is 13.8. The second-order valence-electron chi connectivity index (χ2n) is 8.68. The maximum Gasteiger partial charge on any atom is 0.322 e. The maximum absolute atomic E-state index is 13.8. The molecule has 1 aliphatic rings. The van der Waals surface area contributed by atoms with Crippen molar-refractivity contribution in [2.45, 2.75) is 33.4 Å². The number of nitrogens with zero attached hydrogens (tertiary/aromatic N) is 2. The van der Waals surface area contributed by atoms with Gasteiger partial charge in [0.15, 0.2) is 0 Å². The van der Waals surface area contributed by atoms with Crippen LogP contribution in [0.3, 0.4) is 0 Å². The Morgan fingerprint density at radius 2 is 1.62 bits per heavy atom. The van der Waals surface area contributed by atoms with E-state index in [1.54, 1.807) is 0 Å². The van der Waals surface area contributed by atoms with Gasteiger partial charge in [0, 0.05) is 17.6 Å². The minimum atomic E-state index is -0.205. The third-order valence-electron chi connectivity index (χ3n) is 6.06. The lowest BCUT2D eigenvalue weighted by Crippen LogP contribution is -2.38.